The van der Waals surface area contributed by atoms with E-state index in [-0.39, 0.29) is 34.8 Å². The Hall–Kier alpha value is -5.46. The van der Waals surface area contributed by atoms with Crippen molar-refractivity contribution in [2.24, 2.45) is 0 Å². The molecule has 44 heavy (non-hydrogen) atoms. The number of benzene rings is 3. The number of nitriles is 1. The van der Waals surface area contributed by atoms with E-state index in [0.29, 0.717) is 44.0 Å². The Morgan fingerprint density at radius 2 is 1.95 bits per heavy atom. The van der Waals surface area contributed by atoms with E-state index in [1.54, 1.807) is 79.7 Å². The zero-order chi connectivity index (χ0) is 31.0. The molecule has 1 aliphatic heterocycles. The maximum atomic E-state index is 14.0. The molecule has 0 saturated heterocycles. The Morgan fingerprint density at radius 1 is 1.14 bits per heavy atom. The van der Waals surface area contributed by atoms with Crippen molar-refractivity contribution in [1.82, 2.24) is 10.3 Å². The average Bonchev–Trinajstić information content (AvgIpc) is 3.01. The van der Waals surface area contributed by atoms with Gasteiger partial charge in [0.05, 0.1) is 30.4 Å². The second-order valence-corrected chi connectivity index (χ2v) is 10.6. The number of amides is 1. The first-order valence-corrected chi connectivity index (χ1v) is 13.9. The van der Waals surface area contributed by atoms with Crippen molar-refractivity contribution in [1.29, 1.82) is 5.26 Å². The number of aromatic nitrogens is 1. The Balaban J connectivity index is 1.53. The number of allylic oxidation sites excluding steroid dienone is 1. The van der Waals surface area contributed by atoms with Gasteiger partial charge in [-0.1, -0.05) is 41.9 Å². The lowest BCUT2D eigenvalue weighted by molar-refractivity contribution is -0.120. The predicted molar refractivity (Wildman–Crippen MR) is 162 cm³/mol. The van der Waals surface area contributed by atoms with E-state index in [1.165, 1.54) is 13.3 Å². The molecule has 1 unspecified atom stereocenters. The minimum Gasteiger partial charge on any atom is -0.496 e. The van der Waals surface area contributed by atoms with Gasteiger partial charge in [-0.3, -0.25) is 10.1 Å². The minimum atomic E-state index is -0.995. The number of nitrogens with zero attached hydrogens (tertiary/aromatic N) is 2. The van der Waals surface area contributed by atoms with Crippen LogP contribution >= 0.6 is 11.6 Å². The number of halogens is 2. The van der Waals surface area contributed by atoms with E-state index < -0.39 is 23.4 Å². The van der Waals surface area contributed by atoms with Crippen LogP contribution in [0, 0.1) is 24.2 Å². The van der Waals surface area contributed by atoms with Gasteiger partial charge in [0.2, 0.25) is 17.7 Å². The van der Waals surface area contributed by atoms with Gasteiger partial charge >= 0.3 is 5.63 Å². The van der Waals surface area contributed by atoms with E-state index >= 15 is 0 Å². The summed E-state index contributed by atoms with van der Waals surface area (Å²) in [5, 5.41) is 14.2. The van der Waals surface area contributed by atoms with Crippen LogP contribution in [0.5, 0.6) is 11.5 Å². The van der Waals surface area contributed by atoms with Crippen LogP contribution in [0.1, 0.15) is 28.2 Å². The monoisotopic (exact) mass is 607 g/mol. The molecule has 0 radical (unpaired) electrons. The van der Waals surface area contributed by atoms with Crippen LogP contribution in [0.3, 0.4) is 0 Å². The van der Waals surface area contributed by atoms with Crippen LogP contribution < -0.4 is 20.4 Å². The molecule has 218 valence electrons. The molecule has 1 N–H and O–H groups in total. The van der Waals surface area contributed by atoms with E-state index in [2.05, 4.69) is 16.4 Å². The average molecular weight is 608 g/mol. The summed E-state index contributed by atoms with van der Waals surface area (Å²) < 4.78 is 31.4. The Labute approximate surface area is 255 Å². The zero-order valence-electron chi connectivity index (χ0n) is 23.5. The van der Waals surface area contributed by atoms with E-state index in [9.17, 15) is 19.2 Å². The standard InChI is InChI=1S/C34H23ClFN3O5/c1-18-12-21(17-38-32(18)36)24-15-20(10-11-26(24)42-2)29-25(16-37)33(39-28(40)14-19-6-5-7-22(35)13-19)44-31-23-8-3-4-9-27(23)43-34(41)30(29)31/h3-13,15,17,29H,14H2,1-2H3,(H,39,40). The van der Waals surface area contributed by atoms with Crippen molar-refractivity contribution in [2.75, 3.05) is 7.11 Å². The lowest BCUT2D eigenvalue weighted by Crippen LogP contribution is -2.33. The van der Waals surface area contributed by atoms with Crippen LogP contribution in [-0.4, -0.2) is 18.0 Å². The molecule has 0 aliphatic carbocycles. The van der Waals surface area contributed by atoms with Crippen LogP contribution in [-0.2, 0) is 11.2 Å². The molecule has 8 nitrogen and oxygen atoms in total. The second-order valence-electron chi connectivity index (χ2n) is 10.2. The third-order valence-corrected chi connectivity index (χ3v) is 7.57. The van der Waals surface area contributed by atoms with Gasteiger partial charge in [-0.15, -0.1) is 0 Å². The van der Waals surface area contributed by atoms with Gasteiger partial charge in [0.1, 0.15) is 23.0 Å². The summed E-state index contributed by atoms with van der Waals surface area (Å²) in [5.74, 6) is -1.52. The Bertz CT molecular complexity index is 2100. The second kappa shape index (κ2) is 11.7. The Morgan fingerprint density at radius 3 is 2.70 bits per heavy atom. The summed E-state index contributed by atoms with van der Waals surface area (Å²) in [6.45, 7) is 1.60. The number of ether oxygens (including phenoxy) is 2. The molecular weight excluding hydrogens is 585 g/mol. The molecule has 0 fully saturated rings. The summed E-state index contributed by atoms with van der Waals surface area (Å²) in [7, 11) is 1.50. The number of para-hydroxylation sites is 1. The topological polar surface area (TPSA) is 114 Å². The maximum Gasteiger partial charge on any atom is 0.344 e. The predicted octanol–water partition coefficient (Wildman–Crippen LogP) is 6.58. The number of hydrogen-bond acceptors (Lipinski definition) is 7. The molecule has 10 heteroatoms. The van der Waals surface area contributed by atoms with Crippen molar-refractivity contribution in [3.05, 3.63) is 134 Å². The normalized spacial score (nSPS) is 14.0. The van der Waals surface area contributed by atoms with E-state index in [0.717, 1.165) is 0 Å². The lowest BCUT2D eigenvalue weighted by Gasteiger charge is -2.28. The molecule has 1 amide bonds. The van der Waals surface area contributed by atoms with Crippen LogP contribution in [0.4, 0.5) is 4.39 Å². The molecule has 5 aromatic rings. The molecule has 0 bridgehead atoms. The highest BCUT2D eigenvalue weighted by atomic mass is 35.5. The van der Waals surface area contributed by atoms with E-state index in [1.807, 2.05) is 0 Å². The van der Waals surface area contributed by atoms with Crippen LogP contribution in [0.15, 0.2) is 99.7 Å². The molecule has 2 aromatic heterocycles. The largest absolute Gasteiger partial charge is 0.496 e. The number of nitrogens with one attached hydrogen (secondary N) is 1. The number of carbonyl (C=O) groups is 1. The first-order chi connectivity index (χ1) is 21.3. The highest BCUT2D eigenvalue weighted by Crippen LogP contribution is 2.45. The summed E-state index contributed by atoms with van der Waals surface area (Å²) in [5.41, 5.74) is 2.30. The highest BCUT2D eigenvalue weighted by molar-refractivity contribution is 6.30. The van der Waals surface area contributed by atoms with Gasteiger partial charge in [0.15, 0.2) is 5.75 Å². The Kier molecular flexibility index (Phi) is 7.60. The molecule has 0 saturated carbocycles. The number of hydrogen-bond donors (Lipinski definition) is 1. The van der Waals surface area contributed by atoms with Crippen LogP contribution in [0.25, 0.3) is 22.1 Å². The first-order valence-electron chi connectivity index (χ1n) is 13.5. The number of pyridine rings is 1. The van der Waals surface area contributed by atoms with Crippen molar-refractivity contribution in [3.8, 4) is 28.7 Å². The fraction of sp³-hybridized carbons (Fsp3) is 0.118. The fourth-order valence-electron chi connectivity index (χ4n) is 5.31. The molecular formula is C34H23ClFN3O5. The van der Waals surface area contributed by atoms with E-state index in [4.69, 9.17) is 25.5 Å². The number of fused-ring (bicyclic) bond motifs is 3. The van der Waals surface area contributed by atoms with Crippen molar-refractivity contribution in [2.45, 2.75) is 19.3 Å². The maximum absolute atomic E-state index is 14.0. The van der Waals surface area contributed by atoms with Crippen molar-refractivity contribution in [3.63, 3.8) is 0 Å². The van der Waals surface area contributed by atoms with Crippen LogP contribution in [0.2, 0.25) is 5.02 Å². The smallest absolute Gasteiger partial charge is 0.344 e. The van der Waals surface area contributed by atoms with Gasteiger partial charge in [0, 0.05) is 27.9 Å². The number of aryl methyl sites for hydroxylation is 1. The molecule has 0 spiro atoms. The summed E-state index contributed by atoms with van der Waals surface area (Å²) in [6, 6.07) is 22.6. The molecule has 3 heterocycles. The lowest BCUT2D eigenvalue weighted by atomic mass is 9.82. The number of rotatable bonds is 6. The van der Waals surface area contributed by atoms with Gasteiger partial charge in [-0.05, 0) is 60.5 Å². The third-order valence-electron chi connectivity index (χ3n) is 7.33. The minimum absolute atomic E-state index is 0.0101. The number of methoxy groups -OCH3 is 1. The SMILES string of the molecule is COc1ccc(C2C(C#N)=C(NC(=O)Cc3cccc(Cl)c3)Oc3c2c(=O)oc2ccccc32)cc1-c1cnc(F)c(C)c1. The summed E-state index contributed by atoms with van der Waals surface area (Å²) in [4.78, 5) is 30.6. The van der Waals surface area contributed by atoms with Gasteiger partial charge < -0.3 is 13.9 Å². The molecule has 6 rings (SSSR count). The van der Waals surface area contributed by atoms with Gasteiger partial charge in [-0.25, -0.2) is 9.78 Å². The van der Waals surface area contributed by atoms with Crippen molar-refractivity contribution >= 4 is 28.5 Å². The quantitative estimate of drug-likeness (QED) is 0.171. The molecule has 1 atom stereocenters. The summed E-state index contributed by atoms with van der Waals surface area (Å²) in [6.07, 6.45) is 1.34. The molecule has 3 aromatic carbocycles. The van der Waals surface area contributed by atoms with Gasteiger partial charge in [-0.2, -0.15) is 9.65 Å². The number of carbonyl (C=O) groups excluding carboxylic acids is 1. The third kappa shape index (κ3) is 5.27. The zero-order valence-corrected chi connectivity index (χ0v) is 24.2. The van der Waals surface area contributed by atoms with Gasteiger partial charge in [0.25, 0.3) is 0 Å². The van der Waals surface area contributed by atoms with Crippen molar-refractivity contribution < 1.29 is 23.1 Å². The highest BCUT2D eigenvalue weighted by Gasteiger charge is 2.37. The first kappa shape index (κ1) is 28.6. The fourth-order valence-corrected chi connectivity index (χ4v) is 5.52. The summed E-state index contributed by atoms with van der Waals surface area (Å²) >= 11 is 6.10. The molecule has 1 aliphatic rings.